The zero-order chi connectivity index (χ0) is 14.0. The topological polar surface area (TPSA) is 78.2 Å². The molecule has 1 aromatic carbocycles. The molecule has 0 aliphatic rings. The SMILES string of the molecule is Cc1nc(Cl)cc(Oc2ccc(Cl)cc2[N+](=O)[O-])n1. The van der Waals surface area contributed by atoms with Crippen molar-refractivity contribution in [1.82, 2.24) is 9.97 Å². The van der Waals surface area contributed by atoms with Crippen molar-refractivity contribution in [1.29, 1.82) is 0 Å². The highest BCUT2D eigenvalue weighted by Crippen LogP contribution is 2.33. The minimum Gasteiger partial charge on any atom is -0.432 e. The normalized spacial score (nSPS) is 10.3. The maximum Gasteiger partial charge on any atom is 0.313 e. The van der Waals surface area contributed by atoms with Crippen LogP contribution in [-0.2, 0) is 0 Å². The summed E-state index contributed by atoms with van der Waals surface area (Å²) in [5.41, 5.74) is -0.250. The van der Waals surface area contributed by atoms with Gasteiger partial charge in [-0.15, -0.1) is 0 Å². The molecule has 0 fully saturated rings. The molecular formula is C11H7Cl2N3O3. The number of aromatic nitrogens is 2. The molecule has 0 atom stereocenters. The molecular weight excluding hydrogens is 293 g/mol. The fraction of sp³-hybridized carbons (Fsp3) is 0.0909. The smallest absolute Gasteiger partial charge is 0.313 e. The molecule has 2 rings (SSSR count). The van der Waals surface area contributed by atoms with Gasteiger partial charge in [0.25, 0.3) is 0 Å². The Kier molecular flexibility index (Phi) is 3.82. The summed E-state index contributed by atoms with van der Waals surface area (Å²) in [6.45, 7) is 1.63. The van der Waals surface area contributed by atoms with Crippen molar-refractivity contribution < 1.29 is 9.66 Å². The fourth-order valence-corrected chi connectivity index (χ4v) is 1.77. The van der Waals surface area contributed by atoms with E-state index in [0.717, 1.165) is 0 Å². The van der Waals surface area contributed by atoms with Gasteiger partial charge in [0.15, 0.2) is 0 Å². The van der Waals surface area contributed by atoms with E-state index >= 15 is 0 Å². The van der Waals surface area contributed by atoms with E-state index in [1.165, 1.54) is 24.3 Å². The van der Waals surface area contributed by atoms with Crippen LogP contribution in [0.5, 0.6) is 11.6 Å². The molecule has 0 spiro atoms. The van der Waals surface area contributed by atoms with Crippen molar-refractivity contribution in [3.63, 3.8) is 0 Å². The molecule has 8 heteroatoms. The molecule has 2 aromatic rings. The van der Waals surface area contributed by atoms with Crippen LogP contribution in [-0.4, -0.2) is 14.9 Å². The predicted molar refractivity (Wildman–Crippen MR) is 70.0 cm³/mol. The van der Waals surface area contributed by atoms with Gasteiger partial charge >= 0.3 is 5.69 Å². The summed E-state index contributed by atoms with van der Waals surface area (Å²) in [5, 5.41) is 11.3. The van der Waals surface area contributed by atoms with Gasteiger partial charge in [-0.2, -0.15) is 4.98 Å². The van der Waals surface area contributed by atoms with Crippen LogP contribution in [0.4, 0.5) is 5.69 Å². The maximum atomic E-state index is 10.9. The van der Waals surface area contributed by atoms with E-state index in [0.29, 0.717) is 5.82 Å². The average molecular weight is 300 g/mol. The second-order valence-electron chi connectivity index (χ2n) is 3.55. The number of nitrogens with zero attached hydrogens (tertiary/aromatic N) is 3. The lowest BCUT2D eigenvalue weighted by molar-refractivity contribution is -0.385. The second kappa shape index (κ2) is 5.38. The third kappa shape index (κ3) is 3.30. The van der Waals surface area contributed by atoms with E-state index in [2.05, 4.69) is 9.97 Å². The highest BCUT2D eigenvalue weighted by Gasteiger charge is 2.17. The van der Waals surface area contributed by atoms with Crippen LogP contribution in [0, 0.1) is 17.0 Å². The number of hydrogen-bond acceptors (Lipinski definition) is 5. The fourth-order valence-electron chi connectivity index (χ4n) is 1.39. The predicted octanol–water partition coefficient (Wildman–Crippen LogP) is 3.79. The lowest BCUT2D eigenvalue weighted by Crippen LogP contribution is -1.96. The summed E-state index contributed by atoms with van der Waals surface area (Å²) in [6.07, 6.45) is 0. The molecule has 6 nitrogen and oxygen atoms in total. The minimum atomic E-state index is -0.586. The molecule has 0 saturated carbocycles. The van der Waals surface area contributed by atoms with Gasteiger partial charge in [0.05, 0.1) is 4.92 Å². The van der Waals surface area contributed by atoms with Crippen molar-refractivity contribution >= 4 is 28.9 Å². The van der Waals surface area contributed by atoms with Crippen molar-refractivity contribution in [3.05, 3.63) is 50.4 Å². The number of nitro benzene ring substituents is 1. The van der Waals surface area contributed by atoms with E-state index in [-0.39, 0.29) is 27.5 Å². The molecule has 0 radical (unpaired) electrons. The van der Waals surface area contributed by atoms with Crippen LogP contribution in [0.3, 0.4) is 0 Å². The molecule has 0 aliphatic carbocycles. The Morgan fingerprint density at radius 2 is 2.00 bits per heavy atom. The molecule has 0 amide bonds. The first-order chi connectivity index (χ1) is 8.95. The Hall–Kier alpha value is -1.92. The summed E-state index contributed by atoms with van der Waals surface area (Å²) in [4.78, 5) is 18.2. The summed E-state index contributed by atoms with van der Waals surface area (Å²) >= 11 is 11.5. The summed E-state index contributed by atoms with van der Waals surface area (Å²) in [7, 11) is 0. The zero-order valence-electron chi connectivity index (χ0n) is 9.63. The number of hydrogen-bond donors (Lipinski definition) is 0. The molecule has 19 heavy (non-hydrogen) atoms. The maximum absolute atomic E-state index is 10.9. The van der Waals surface area contributed by atoms with Crippen LogP contribution < -0.4 is 4.74 Å². The third-order valence-corrected chi connectivity index (χ3v) is 2.54. The Morgan fingerprint density at radius 1 is 1.26 bits per heavy atom. The number of halogens is 2. The molecule has 1 heterocycles. The first kappa shape index (κ1) is 13.5. The second-order valence-corrected chi connectivity index (χ2v) is 4.37. The van der Waals surface area contributed by atoms with Crippen molar-refractivity contribution in [2.45, 2.75) is 6.92 Å². The number of aryl methyl sites for hydroxylation is 1. The molecule has 0 N–H and O–H groups in total. The van der Waals surface area contributed by atoms with E-state index in [1.54, 1.807) is 6.92 Å². The Balaban J connectivity index is 2.40. The Bertz CT molecular complexity index is 629. The Labute approximate surface area is 118 Å². The monoisotopic (exact) mass is 299 g/mol. The van der Waals surface area contributed by atoms with E-state index in [1.807, 2.05) is 0 Å². The van der Waals surface area contributed by atoms with Crippen molar-refractivity contribution in [2.24, 2.45) is 0 Å². The average Bonchev–Trinajstić information content (AvgIpc) is 2.30. The van der Waals surface area contributed by atoms with Gasteiger partial charge in [-0.25, -0.2) is 4.98 Å². The van der Waals surface area contributed by atoms with Crippen LogP contribution >= 0.6 is 23.2 Å². The standard InChI is InChI=1S/C11H7Cl2N3O3/c1-6-14-10(13)5-11(15-6)19-9-3-2-7(12)4-8(9)16(17)18/h2-5H,1H3. The van der Waals surface area contributed by atoms with Crippen LogP contribution in [0.25, 0.3) is 0 Å². The zero-order valence-corrected chi connectivity index (χ0v) is 11.1. The molecule has 0 bridgehead atoms. The van der Waals surface area contributed by atoms with E-state index in [9.17, 15) is 10.1 Å². The molecule has 98 valence electrons. The minimum absolute atomic E-state index is 0.0311. The highest BCUT2D eigenvalue weighted by molar-refractivity contribution is 6.30. The first-order valence-corrected chi connectivity index (χ1v) is 5.84. The molecule has 0 unspecified atom stereocenters. The van der Waals surface area contributed by atoms with Gasteiger partial charge in [0.2, 0.25) is 11.6 Å². The van der Waals surface area contributed by atoms with Gasteiger partial charge in [-0.1, -0.05) is 23.2 Å². The largest absolute Gasteiger partial charge is 0.432 e. The van der Waals surface area contributed by atoms with Crippen molar-refractivity contribution in [3.8, 4) is 11.6 Å². The molecule has 0 aliphatic heterocycles. The van der Waals surface area contributed by atoms with E-state index in [4.69, 9.17) is 27.9 Å². The Morgan fingerprint density at radius 3 is 2.63 bits per heavy atom. The van der Waals surface area contributed by atoms with Gasteiger partial charge in [-0.3, -0.25) is 10.1 Å². The summed E-state index contributed by atoms with van der Waals surface area (Å²) in [6, 6.07) is 5.45. The van der Waals surface area contributed by atoms with Gasteiger partial charge in [0, 0.05) is 17.2 Å². The van der Waals surface area contributed by atoms with Gasteiger partial charge in [0.1, 0.15) is 11.0 Å². The first-order valence-electron chi connectivity index (χ1n) is 5.08. The summed E-state index contributed by atoms with van der Waals surface area (Å²) < 4.78 is 5.35. The lowest BCUT2D eigenvalue weighted by atomic mass is 10.3. The van der Waals surface area contributed by atoms with Crippen LogP contribution in [0.2, 0.25) is 10.2 Å². The molecule has 0 saturated heterocycles. The number of nitro groups is 1. The van der Waals surface area contributed by atoms with Crippen LogP contribution in [0.1, 0.15) is 5.82 Å². The molecule has 1 aromatic heterocycles. The van der Waals surface area contributed by atoms with Gasteiger partial charge in [-0.05, 0) is 19.1 Å². The summed E-state index contributed by atoms with van der Waals surface area (Å²) in [5.74, 6) is 0.561. The number of benzene rings is 1. The quantitative estimate of drug-likeness (QED) is 0.489. The highest BCUT2D eigenvalue weighted by atomic mass is 35.5. The number of rotatable bonds is 3. The lowest BCUT2D eigenvalue weighted by Gasteiger charge is -2.06. The van der Waals surface area contributed by atoms with E-state index < -0.39 is 4.92 Å². The number of ether oxygens (including phenoxy) is 1. The third-order valence-electron chi connectivity index (χ3n) is 2.12. The van der Waals surface area contributed by atoms with Gasteiger partial charge < -0.3 is 4.74 Å². The van der Waals surface area contributed by atoms with Crippen molar-refractivity contribution in [2.75, 3.05) is 0 Å². The van der Waals surface area contributed by atoms with Crippen LogP contribution in [0.15, 0.2) is 24.3 Å².